The molecule has 0 spiro atoms. The summed E-state index contributed by atoms with van der Waals surface area (Å²) in [6.45, 7) is 6.45. The van der Waals surface area contributed by atoms with Crippen LogP contribution >= 0.6 is 0 Å². The maximum Gasteiger partial charge on any atom is 0.336 e. The maximum atomic E-state index is 12.8. The van der Waals surface area contributed by atoms with Gasteiger partial charge in [0.25, 0.3) is 0 Å². The van der Waals surface area contributed by atoms with Crippen LogP contribution in [0.2, 0.25) is 0 Å². The number of allylic oxidation sites excluding steroid dienone is 2. The fourth-order valence-electron chi connectivity index (χ4n) is 3.38. The highest BCUT2D eigenvalue weighted by Gasteiger charge is 2.14. The molecule has 0 aliphatic heterocycles. The van der Waals surface area contributed by atoms with Crippen LogP contribution < -0.4 is 5.69 Å². The molecule has 0 fully saturated rings. The number of hydrogen-bond acceptors (Lipinski definition) is 2. The third-order valence-electron chi connectivity index (χ3n) is 4.97. The summed E-state index contributed by atoms with van der Waals surface area (Å²) >= 11 is 0. The Morgan fingerprint density at radius 1 is 1.10 bits per heavy atom. The molecule has 5 heteroatoms. The van der Waals surface area contributed by atoms with Crippen molar-refractivity contribution >= 4 is 5.97 Å². The quantitative estimate of drug-likeness (QED) is 0.592. The molecule has 0 saturated carbocycles. The standard InChI is InChI=1S/C24H26N2O3/c1-4-5-8-20-16-25(17(2)3)24(29)26(20)15-18-11-13-19(14-12-18)21-9-6-7-10-22(21)23(27)28/h4-7,9-14,16-17H,8,15H2,1-3H3,(H,27,28)/b5-4+. The molecule has 1 aromatic heterocycles. The Bertz CT molecular complexity index is 1090. The van der Waals surface area contributed by atoms with Crippen LogP contribution in [-0.2, 0) is 13.0 Å². The van der Waals surface area contributed by atoms with Crippen LogP contribution in [0.5, 0.6) is 0 Å². The van der Waals surface area contributed by atoms with Crippen LogP contribution in [0.25, 0.3) is 11.1 Å². The molecule has 1 heterocycles. The number of rotatable bonds is 7. The number of nitrogens with zero attached hydrogens (tertiary/aromatic N) is 2. The molecule has 1 N–H and O–H groups in total. The fraction of sp³-hybridized carbons (Fsp3) is 0.250. The van der Waals surface area contributed by atoms with Gasteiger partial charge in [-0.15, -0.1) is 0 Å². The van der Waals surface area contributed by atoms with Crippen molar-refractivity contribution in [3.63, 3.8) is 0 Å². The molecule has 0 saturated heterocycles. The van der Waals surface area contributed by atoms with Crippen molar-refractivity contribution in [1.82, 2.24) is 9.13 Å². The van der Waals surface area contributed by atoms with Crippen molar-refractivity contribution in [3.05, 3.63) is 94.2 Å². The van der Waals surface area contributed by atoms with Crippen LogP contribution in [0.4, 0.5) is 0 Å². The van der Waals surface area contributed by atoms with Crippen LogP contribution in [0.3, 0.4) is 0 Å². The molecule has 0 bridgehead atoms. The van der Waals surface area contributed by atoms with Crippen LogP contribution in [-0.4, -0.2) is 20.2 Å². The molecule has 0 aliphatic carbocycles. The molecule has 0 aliphatic rings. The summed E-state index contributed by atoms with van der Waals surface area (Å²) in [5.41, 5.74) is 3.75. The molecule has 150 valence electrons. The van der Waals surface area contributed by atoms with Gasteiger partial charge in [-0.05, 0) is 43.5 Å². The summed E-state index contributed by atoms with van der Waals surface area (Å²) in [6, 6.07) is 14.8. The predicted molar refractivity (Wildman–Crippen MR) is 116 cm³/mol. The molecule has 0 amide bonds. The van der Waals surface area contributed by atoms with Crippen molar-refractivity contribution in [2.45, 2.75) is 39.8 Å². The first-order chi connectivity index (χ1) is 13.9. The van der Waals surface area contributed by atoms with E-state index in [1.165, 1.54) is 0 Å². The molecule has 5 nitrogen and oxygen atoms in total. The first kappa shape index (κ1) is 20.4. The van der Waals surface area contributed by atoms with Gasteiger partial charge in [-0.1, -0.05) is 54.6 Å². The Morgan fingerprint density at radius 3 is 2.41 bits per heavy atom. The van der Waals surface area contributed by atoms with E-state index in [2.05, 4.69) is 0 Å². The minimum Gasteiger partial charge on any atom is -0.478 e. The Hall–Kier alpha value is -3.34. The number of imidazole rings is 1. The minimum absolute atomic E-state index is 0.0141. The minimum atomic E-state index is -0.945. The number of benzene rings is 2. The van der Waals surface area contributed by atoms with Gasteiger partial charge in [0.1, 0.15) is 0 Å². The van der Waals surface area contributed by atoms with E-state index >= 15 is 0 Å². The van der Waals surface area contributed by atoms with E-state index in [0.29, 0.717) is 18.5 Å². The fourth-order valence-corrected chi connectivity index (χ4v) is 3.38. The smallest absolute Gasteiger partial charge is 0.336 e. The molecule has 3 rings (SSSR count). The van der Waals surface area contributed by atoms with Crippen LogP contribution in [0.1, 0.15) is 48.4 Å². The van der Waals surface area contributed by atoms with E-state index < -0.39 is 5.97 Å². The van der Waals surface area contributed by atoms with E-state index in [-0.39, 0.29) is 17.3 Å². The molecular formula is C24H26N2O3. The number of hydrogen-bond donors (Lipinski definition) is 1. The zero-order valence-corrected chi connectivity index (χ0v) is 17.0. The Morgan fingerprint density at radius 2 is 1.79 bits per heavy atom. The van der Waals surface area contributed by atoms with Crippen molar-refractivity contribution in [2.75, 3.05) is 0 Å². The van der Waals surface area contributed by atoms with Crippen molar-refractivity contribution in [1.29, 1.82) is 0 Å². The van der Waals surface area contributed by atoms with Gasteiger partial charge in [-0.3, -0.25) is 9.13 Å². The average Bonchev–Trinajstić information content (AvgIpc) is 3.02. The highest BCUT2D eigenvalue weighted by Crippen LogP contribution is 2.24. The Labute approximate surface area is 170 Å². The Balaban J connectivity index is 1.93. The predicted octanol–water partition coefficient (Wildman–Crippen LogP) is 4.76. The summed E-state index contributed by atoms with van der Waals surface area (Å²) in [7, 11) is 0. The second kappa shape index (κ2) is 8.78. The average molecular weight is 390 g/mol. The lowest BCUT2D eigenvalue weighted by Gasteiger charge is -2.09. The van der Waals surface area contributed by atoms with Crippen LogP contribution in [0.15, 0.2) is 71.7 Å². The van der Waals surface area contributed by atoms with E-state index in [1.54, 1.807) is 27.3 Å². The monoisotopic (exact) mass is 390 g/mol. The molecule has 3 aromatic rings. The first-order valence-corrected chi connectivity index (χ1v) is 9.75. The zero-order chi connectivity index (χ0) is 21.0. The van der Waals surface area contributed by atoms with Crippen molar-refractivity contribution in [3.8, 4) is 11.1 Å². The topological polar surface area (TPSA) is 64.2 Å². The highest BCUT2D eigenvalue weighted by atomic mass is 16.4. The van der Waals surface area contributed by atoms with Gasteiger partial charge in [-0.25, -0.2) is 9.59 Å². The van der Waals surface area contributed by atoms with E-state index in [4.69, 9.17) is 0 Å². The molecular weight excluding hydrogens is 364 g/mol. The van der Waals surface area contributed by atoms with Gasteiger partial charge in [-0.2, -0.15) is 0 Å². The van der Waals surface area contributed by atoms with Gasteiger partial charge >= 0.3 is 11.7 Å². The van der Waals surface area contributed by atoms with Gasteiger partial charge in [0, 0.05) is 24.4 Å². The second-order valence-electron chi connectivity index (χ2n) is 7.31. The third kappa shape index (κ3) is 4.40. The molecule has 29 heavy (non-hydrogen) atoms. The lowest BCUT2D eigenvalue weighted by atomic mass is 9.99. The number of carbonyl (C=O) groups is 1. The summed E-state index contributed by atoms with van der Waals surface area (Å²) in [6.07, 6.45) is 6.66. The van der Waals surface area contributed by atoms with E-state index in [9.17, 15) is 14.7 Å². The van der Waals surface area contributed by atoms with Gasteiger partial charge in [0.05, 0.1) is 12.1 Å². The number of aromatic nitrogens is 2. The summed E-state index contributed by atoms with van der Waals surface area (Å²) in [4.78, 5) is 24.3. The normalized spacial score (nSPS) is 11.4. The van der Waals surface area contributed by atoms with Crippen LogP contribution in [0, 0.1) is 0 Å². The molecule has 0 radical (unpaired) electrons. The van der Waals surface area contributed by atoms with Crippen molar-refractivity contribution < 1.29 is 9.90 Å². The van der Waals surface area contributed by atoms with E-state index in [1.807, 2.05) is 69.5 Å². The summed E-state index contributed by atoms with van der Waals surface area (Å²) < 4.78 is 3.57. The summed E-state index contributed by atoms with van der Waals surface area (Å²) in [5.74, 6) is -0.945. The third-order valence-corrected chi connectivity index (χ3v) is 4.97. The van der Waals surface area contributed by atoms with Gasteiger partial charge < -0.3 is 5.11 Å². The number of carboxylic acids is 1. The van der Waals surface area contributed by atoms with Gasteiger partial charge in [0.2, 0.25) is 0 Å². The number of carboxylic acid groups (broad SMARTS) is 1. The summed E-state index contributed by atoms with van der Waals surface area (Å²) in [5, 5.41) is 9.41. The lowest BCUT2D eigenvalue weighted by Crippen LogP contribution is -2.26. The molecule has 2 aromatic carbocycles. The van der Waals surface area contributed by atoms with Gasteiger partial charge in [0.15, 0.2) is 0 Å². The molecule has 0 atom stereocenters. The SMILES string of the molecule is C/C=C/Cc1cn(C(C)C)c(=O)n1Cc1ccc(-c2ccccc2C(=O)O)cc1. The largest absolute Gasteiger partial charge is 0.478 e. The van der Waals surface area contributed by atoms with E-state index in [0.717, 1.165) is 16.8 Å². The van der Waals surface area contributed by atoms with Crippen molar-refractivity contribution in [2.24, 2.45) is 0 Å². The second-order valence-corrected chi connectivity index (χ2v) is 7.31. The molecule has 0 unspecified atom stereocenters. The lowest BCUT2D eigenvalue weighted by molar-refractivity contribution is 0.0697. The zero-order valence-electron chi connectivity index (χ0n) is 17.0. The number of aromatic carboxylic acids is 1. The first-order valence-electron chi connectivity index (χ1n) is 9.75. The highest BCUT2D eigenvalue weighted by molar-refractivity contribution is 5.95. The maximum absolute atomic E-state index is 12.8. The Kier molecular flexibility index (Phi) is 6.17.